The fourth-order valence-corrected chi connectivity index (χ4v) is 8.80. The summed E-state index contributed by atoms with van der Waals surface area (Å²) in [6.07, 6.45) is 14.0. The molecule has 5 aliphatic rings. The summed E-state index contributed by atoms with van der Waals surface area (Å²) in [6.45, 7) is 9.58. The molecule has 5 fully saturated rings. The van der Waals surface area contributed by atoms with Crippen molar-refractivity contribution in [2.75, 3.05) is 39.3 Å². The fourth-order valence-electron chi connectivity index (χ4n) is 8.80. The molecule has 37 heavy (non-hydrogen) atoms. The van der Waals surface area contributed by atoms with Crippen LogP contribution in [0.5, 0.6) is 0 Å². The highest BCUT2D eigenvalue weighted by molar-refractivity contribution is 5.82. The molecule has 0 bridgehead atoms. The minimum atomic E-state index is -0.299. The van der Waals surface area contributed by atoms with Gasteiger partial charge in [-0.05, 0) is 64.7 Å². The third-order valence-corrected chi connectivity index (χ3v) is 10.5. The van der Waals surface area contributed by atoms with Gasteiger partial charge in [-0.15, -0.1) is 0 Å². The van der Waals surface area contributed by atoms with Gasteiger partial charge in [-0.3, -0.25) is 14.9 Å². The Hall–Kier alpha value is -1.22. The van der Waals surface area contributed by atoms with Gasteiger partial charge < -0.3 is 24.8 Å². The Bertz CT molecular complexity index is 792. The number of piperazine rings is 2. The summed E-state index contributed by atoms with van der Waals surface area (Å²) >= 11 is 0. The van der Waals surface area contributed by atoms with Gasteiger partial charge in [-0.2, -0.15) is 0 Å². The Kier molecular flexibility index (Phi) is 8.79. The van der Waals surface area contributed by atoms with Crippen molar-refractivity contribution in [2.45, 2.75) is 127 Å². The van der Waals surface area contributed by atoms with Crippen LogP contribution >= 0.6 is 0 Å². The number of amides is 2. The van der Waals surface area contributed by atoms with Gasteiger partial charge in [-0.1, -0.05) is 19.3 Å². The van der Waals surface area contributed by atoms with E-state index in [9.17, 15) is 9.59 Å². The number of nitrogens with one attached hydrogen (secondary N) is 1. The van der Waals surface area contributed by atoms with Gasteiger partial charge in [0.1, 0.15) is 24.9 Å². The van der Waals surface area contributed by atoms with Crippen LogP contribution < -0.4 is 11.1 Å². The maximum Gasteiger partial charge on any atom is 0.252 e. The lowest BCUT2D eigenvalue weighted by Crippen LogP contribution is -2.74. The van der Waals surface area contributed by atoms with Crippen molar-refractivity contribution in [3.05, 3.63) is 0 Å². The Morgan fingerprint density at radius 2 is 1.65 bits per heavy atom. The first-order chi connectivity index (χ1) is 17.9. The largest absolute Gasteiger partial charge is 0.368 e. The summed E-state index contributed by atoms with van der Waals surface area (Å²) in [5, 5.41) is 3.65. The van der Waals surface area contributed by atoms with E-state index in [4.69, 9.17) is 10.5 Å². The molecule has 0 aromatic carbocycles. The van der Waals surface area contributed by atoms with Crippen LogP contribution in [0.1, 0.15) is 90.9 Å². The second-order valence-electron chi connectivity index (χ2n) is 12.9. The zero-order valence-electron chi connectivity index (χ0n) is 23.4. The van der Waals surface area contributed by atoms with Crippen LogP contribution in [-0.2, 0) is 14.3 Å². The van der Waals surface area contributed by atoms with Crippen LogP contribution in [0.15, 0.2) is 0 Å². The molecule has 210 valence electrons. The topological polar surface area (TPSA) is 87.9 Å². The second-order valence-corrected chi connectivity index (χ2v) is 12.9. The number of quaternary nitrogens is 1. The Labute approximate surface area is 224 Å². The van der Waals surface area contributed by atoms with Gasteiger partial charge >= 0.3 is 0 Å². The second kappa shape index (κ2) is 11.9. The average molecular weight is 519 g/mol. The third kappa shape index (κ3) is 5.73. The number of ether oxygens (including phenoxy) is 1. The Morgan fingerprint density at radius 3 is 2.30 bits per heavy atom. The number of rotatable bonds is 2. The molecule has 2 amide bonds. The number of fused-ring (bicyclic) bond motifs is 1. The summed E-state index contributed by atoms with van der Waals surface area (Å²) in [4.78, 5) is 30.7. The van der Waals surface area contributed by atoms with Gasteiger partial charge in [0.25, 0.3) is 5.91 Å². The zero-order chi connectivity index (χ0) is 26.0. The first kappa shape index (κ1) is 27.4. The predicted octanol–water partition coefficient (Wildman–Crippen LogP) is 2.60. The van der Waals surface area contributed by atoms with E-state index < -0.39 is 0 Å². The Balaban J connectivity index is 1.40. The standard InChI is InChI=1S/C29H52N5O3/c1-21-19-32(29(36)27-11-10-16-37-27)25-17-23(12-13-24(25)33(21)22(2)35)26-18-31-28(30)20-34(26)14-8-6-4-3-5-7-9-15-34/h21,23-28,31H,3-20,30H2,1-2H3/q+1/t21-,23?,24?,25?,26?,27?,28?/m0/s1. The average Bonchev–Trinajstić information content (AvgIpc) is 3.42. The van der Waals surface area contributed by atoms with Gasteiger partial charge in [0, 0.05) is 38.6 Å². The van der Waals surface area contributed by atoms with Crippen LogP contribution in [0.4, 0.5) is 0 Å². The van der Waals surface area contributed by atoms with Crippen molar-refractivity contribution >= 4 is 11.8 Å². The van der Waals surface area contributed by atoms with E-state index in [0.717, 1.165) is 49.7 Å². The molecule has 4 saturated heterocycles. The highest BCUT2D eigenvalue weighted by Crippen LogP contribution is 2.41. The monoisotopic (exact) mass is 518 g/mol. The minimum absolute atomic E-state index is 0.0513. The SMILES string of the molecule is CC(=O)N1C2CCC(C3CNC(N)C[N+]34CCCCCCCCC4)CC2N(C(=O)C2CCCO2)C[C@@H]1C. The van der Waals surface area contributed by atoms with Gasteiger partial charge in [-0.25, -0.2) is 0 Å². The van der Waals surface area contributed by atoms with Crippen molar-refractivity contribution < 1.29 is 18.8 Å². The lowest BCUT2D eigenvalue weighted by atomic mass is 9.73. The van der Waals surface area contributed by atoms with Crippen LogP contribution in [-0.4, -0.2) is 102 Å². The van der Waals surface area contributed by atoms with E-state index in [1.54, 1.807) is 6.92 Å². The number of nitrogens with two attached hydrogens (primary N) is 1. The van der Waals surface area contributed by atoms with Crippen LogP contribution in [0.2, 0.25) is 0 Å². The van der Waals surface area contributed by atoms with Crippen molar-refractivity contribution in [1.82, 2.24) is 15.1 Å². The lowest BCUT2D eigenvalue weighted by molar-refractivity contribution is -0.959. The minimum Gasteiger partial charge on any atom is -0.368 e. The summed E-state index contributed by atoms with van der Waals surface area (Å²) in [5.41, 5.74) is 6.56. The first-order valence-corrected chi connectivity index (χ1v) is 15.5. The quantitative estimate of drug-likeness (QED) is 0.549. The first-order valence-electron chi connectivity index (χ1n) is 15.5. The maximum atomic E-state index is 13.7. The molecule has 1 aliphatic carbocycles. The van der Waals surface area contributed by atoms with E-state index in [0.29, 0.717) is 25.1 Å². The highest BCUT2D eigenvalue weighted by atomic mass is 16.5. The van der Waals surface area contributed by atoms with E-state index >= 15 is 0 Å². The molecule has 6 unspecified atom stereocenters. The van der Waals surface area contributed by atoms with Crippen LogP contribution in [0, 0.1) is 5.92 Å². The number of carbonyl (C=O) groups is 2. The van der Waals surface area contributed by atoms with E-state index in [1.807, 2.05) is 0 Å². The maximum absolute atomic E-state index is 13.7. The summed E-state index contributed by atoms with van der Waals surface area (Å²) < 4.78 is 7.01. The molecule has 7 atom stereocenters. The summed E-state index contributed by atoms with van der Waals surface area (Å²) in [6, 6.07) is 0.793. The molecule has 4 heterocycles. The normalized spacial score (nSPS) is 39.3. The van der Waals surface area contributed by atoms with Crippen LogP contribution in [0.3, 0.4) is 0 Å². The van der Waals surface area contributed by atoms with Crippen molar-refractivity contribution in [1.29, 1.82) is 0 Å². The lowest BCUT2D eigenvalue weighted by Gasteiger charge is -2.58. The smallest absolute Gasteiger partial charge is 0.252 e. The molecule has 0 aromatic heterocycles. The zero-order valence-corrected chi connectivity index (χ0v) is 23.4. The molecule has 1 spiro atoms. The molecular formula is C29H52N5O3+. The molecule has 8 nitrogen and oxygen atoms in total. The van der Waals surface area contributed by atoms with Gasteiger partial charge in [0.05, 0.1) is 25.2 Å². The number of hydrogen-bond acceptors (Lipinski definition) is 5. The third-order valence-electron chi connectivity index (χ3n) is 10.5. The number of hydrogen-bond donors (Lipinski definition) is 2. The molecule has 5 rings (SSSR count). The van der Waals surface area contributed by atoms with Gasteiger partial charge in [0.2, 0.25) is 5.91 Å². The van der Waals surface area contributed by atoms with E-state index in [2.05, 4.69) is 22.0 Å². The summed E-state index contributed by atoms with van der Waals surface area (Å²) in [7, 11) is 0. The molecule has 8 heteroatoms. The summed E-state index contributed by atoms with van der Waals surface area (Å²) in [5.74, 6) is 0.844. The molecular weight excluding hydrogens is 466 g/mol. The predicted molar refractivity (Wildman–Crippen MR) is 145 cm³/mol. The fraction of sp³-hybridized carbons (Fsp3) is 0.931. The molecule has 0 aromatic rings. The molecule has 0 radical (unpaired) electrons. The van der Waals surface area contributed by atoms with Crippen molar-refractivity contribution in [2.24, 2.45) is 11.7 Å². The number of carbonyl (C=O) groups excluding carboxylic acids is 2. The number of nitrogens with zero attached hydrogens (tertiary/aromatic N) is 3. The van der Waals surface area contributed by atoms with Gasteiger partial charge in [0.15, 0.2) is 0 Å². The highest BCUT2D eigenvalue weighted by Gasteiger charge is 2.52. The van der Waals surface area contributed by atoms with E-state index in [1.165, 1.54) is 58.0 Å². The molecule has 3 N–H and O–H groups in total. The van der Waals surface area contributed by atoms with E-state index in [-0.39, 0.29) is 42.2 Å². The van der Waals surface area contributed by atoms with Crippen molar-refractivity contribution in [3.63, 3.8) is 0 Å². The van der Waals surface area contributed by atoms with Crippen molar-refractivity contribution in [3.8, 4) is 0 Å². The molecule has 1 saturated carbocycles. The molecule has 4 aliphatic heterocycles. The van der Waals surface area contributed by atoms with Crippen LogP contribution in [0.25, 0.3) is 0 Å². The Morgan fingerprint density at radius 1 is 0.946 bits per heavy atom.